The Morgan fingerprint density at radius 3 is 3.00 bits per heavy atom. The number of ether oxygens (including phenoxy) is 1. The van der Waals surface area contributed by atoms with E-state index in [2.05, 4.69) is 5.32 Å². The minimum absolute atomic E-state index is 0.0849. The van der Waals surface area contributed by atoms with Gasteiger partial charge < -0.3 is 15.0 Å². The predicted octanol–water partition coefficient (Wildman–Crippen LogP) is 2.30. The number of nitrogens with one attached hydrogen (secondary N) is 1. The summed E-state index contributed by atoms with van der Waals surface area (Å²) in [6.45, 7) is 3.71. The number of amides is 2. The molecule has 0 aliphatic carbocycles. The smallest absolute Gasteiger partial charge is 0.239 e. The van der Waals surface area contributed by atoms with Crippen LogP contribution < -0.4 is 10.2 Å². The van der Waals surface area contributed by atoms with E-state index in [9.17, 15) is 9.59 Å². The van der Waals surface area contributed by atoms with Crippen LogP contribution in [0.15, 0.2) is 18.2 Å². The van der Waals surface area contributed by atoms with Crippen molar-refractivity contribution in [1.29, 1.82) is 0 Å². The van der Waals surface area contributed by atoms with Crippen LogP contribution >= 0.6 is 11.6 Å². The van der Waals surface area contributed by atoms with Gasteiger partial charge >= 0.3 is 0 Å². The summed E-state index contributed by atoms with van der Waals surface area (Å²) >= 11 is 6.03. The van der Waals surface area contributed by atoms with Crippen LogP contribution in [-0.2, 0) is 14.3 Å². The number of nitrogens with zero attached hydrogens (tertiary/aromatic N) is 1. The number of rotatable bonds is 4. The molecule has 2 unspecified atom stereocenters. The van der Waals surface area contributed by atoms with Crippen molar-refractivity contribution in [1.82, 2.24) is 5.32 Å². The molecule has 1 aromatic carbocycles. The summed E-state index contributed by atoms with van der Waals surface area (Å²) in [5.41, 5.74) is 1.76. The highest BCUT2D eigenvalue weighted by Crippen LogP contribution is 2.30. The molecule has 2 amide bonds. The topological polar surface area (TPSA) is 58.6 Å². The van der Waals surface area contributed by atoms with Crippen LogP contribution in [0.3, 0.4) is 0 Å². The van der Waals surface area contributed by atoms with Crippen LogP contribution in [0.5, 0.6) is 0 Å². The minimum atomic E-state index is -0.616. The lowest BCUT2D eigenvalue weighted by Gasteiger charge is -2.19. The van der Waals surface area contributed by atoms with Gasteiger partial charge in [0.1, 0.15) is 5.92 Å². The fraction of sp³-hybridized carbons (Fsp3) is 0.529. The van der Waals surface area contributed by atoms with Crippen LogP contribution in [0.4, 0.5) is 5.69 Å². The number of hydrogen-bond donors (Lipinski definition) is 1. The van der Waals surface area contributed by atoms with Gasteiger partial charge in [0.25, 0.3) is 0 Å². The molecule has 6 heteroatoms. The summed E-state index contributed by atoms with van der Waals surface area (Å²) in [7, 11) is 0. The number of aryl methyl sites for hydroxylation is 1. The molecule has 2 atom stereocenters. The van der Waals surface area contributed by atoms with E-state index in [0.29, 0.717) is 24.5 Å². The van der Waals surface area contributed by atoms with Gasteiger partial charge in [0, 0.05) is 30.4 Å². The predicted molar refractivity (Wildman–Crippen MR) is 88.6 cm³/mol. The Bertz CT molecular complexity index is 614. The summed E-state index contributed by atoms with van der Waals surface area (Å²) in [6.07, 6.45) is 2.61. The molecule has 1 N–H and O–H groups in total. The lowest BCUT2D eigenvalue weighted by atomic mass is 10.1. The average Bonchev–Trinajstić information content (AvgIpc) is 3.17. The third kappa shape index (κ3) is 3.51. The van der Waals surface area contributed by atoms with Crippen molar-refractivity contribution in [2.45, 2.75) is 32.3 Å². The highest BCUT2D eigenvalue weighted by molar-refractivity contribution is 6.31. The van der Waals surface area contributed by atoms with Crippen molar-refractivity contribution in [3.05, 3.63) is 28.8 Å². The number of benzene rings is 1. The van der Waals surface area contributed by atoms with E-state index in [1.54, 1.807) is 17.0 Å². The van der Waals surface area contributed by atoms with Crippen LogP contribution in [0, 0.1) is 12.8 Å². The molecule has 2 saturated heterocycles. The van der Waals surface area contributed by atoms with E-state index in [1.807, 2.05) is 13.0 Å². The zero-order valence-electron chi connectivity index (χ0n) is 13.2. The molecular formula is C17H21ClN2O3. The lowest BCUT2D eigenvalue weighted by Crippen LogP contribution is -2.40. The highest BCUT2D eigenvalue weighted by Gasteiger charge is 2.38. The van der Waals surface area contributed by atoms with E-state index in [0.717, 1.165) is 30.7 Å². The van der Waals surface area contributed by atoms with E-state index in [1.165, 1.54) is 0 Å². The van der Waals surface area contributed by atoms with Gasteiger partial charge in [-0.1, -0.05) is 17.7 Å². The summed E-state index contributed by atoms with van der Waals surface area (Å²) in [5, 5.41) is 3.45. The van der Waals surface area contributed by atoms with Crippen molar-refractivity contribution >= 4 is 29.1 Å². The summed E-state index contributed by atoms with van der Waals surface area (Å²) in [4.78, 5) is 26.6. The first-order valence-corrected chi connectivity index (χ1v) is 8.41. The first-order chi connectivity index (χ1) is 11.1. The van der Waals surface area contributed by atoms with Crippen molar-refractivity contribution in [2.24, 2.45) is 5.92 Å². The van der Waals surface area contributed by atoms with Crippen molar-refractivity contribution in [3.63, 3.8) is 0 Å². The molecule has 5 nitrogen and oxygen atoms in total. The normalized spacial score (nSPS) is 24.3. The van der Waals surface area contributed by atoms with Gasteiger partial charge in [-0.05, 0) is 43.9 Å². The molecule has 23 heavy (non-hydrogen) atoms. The molecule has 3 rings (SSSR count). The Hall–Kier alpha value is -1.59. The van der Waals surface area contributed by atoms with Crippen LogP contribution in [0.2, 0.25) is 5.02 Å². The van der Waals surface area contributed by atoms with Crippen molar-refractivity contribution in [3.8, 4) is 0 Å². The number of carbonyl (C=O) groups excluding carboxylic acids is 2. The Morgan fingerprint density at radius 1 is 1.43 bits per heavy atom. The Kier molecular flexibility index (Phi) is 4.87. The molecule has 1 aromatic rings. The van der Waals surface area contributed by atoms with Gasteiger partial charge in [0.15, 0.2) is 0 Å². The zero-order valence-corrected chi connectivity index (χ0v) is 13.9. The molecule has 124 valence electrons. The largest absolute Gasteiger partial charge is 0.376 e. The van der Waals surface area contributed by atoms with Gasteiger partial charge in [-0.25, -0.2) is 0 Å². The molecule has 0 aromatic heterocycles. The number of anilines is 1. The third-order valence-corrected chi connectivity index (χ3v) is 4.75. The molecular weight excluding hydrogens is 316 g/mol. The van der Waals surface area contributed by atoms with Crippen LogP contribution in [0.25, 0.3) is 0 Å². The van der Waals surface area contributed by atoms with E-state index < -0.39 is 5.92 Å². The first kappa shape index (κ1) is 16.3. The quantitative estimate of drug-likeness (QED) is 0.858. The second-order valence-corrected chi connectivity index (χ2v) is 6.58. The molecule has 2 aliphatic rings. The molecule has 0 saturated carbocycles. The third-order valence-electron chi connectivity index (χ3n) is 4.51. The van der Waals surface area contributed by atoms with Crippen LogP contribution in [0.1, 0.15) is 24.8 Å². The first-order valence-electron chi connectivity index (χ1n) is 8.03. The summed E-state index contributed by atoms with van der Waals surface area (Å²) in [6, 6.07) is 5.46. The fourth-order valence-corrected chi connectivity index (χ4v) is 3.35. The van der Waals surface area contributed by atoms with Gasteiger partial charge in [-0.15, -0.1) is 0 Å². The molecule has 0 spiro atoms. The standard InChI is InChI=1S/C17H21ClN2O3/c1-11-4-5-12(18)9-15(11)20-7-6-14(17(20)22)16(21)19-10-13-3-2-8-23-13/h4-5,9,13-14H,2-3,6-8,10H2,1H3,(H,19,21). The summed E-state index contributed by atoms with van der Waals surface area (Å²) in [5.74, 6) is -0.970. The molecule has 2 fully saturated rings. The Morgan fingerprint density at radius 2 is 2.26 bits per heavy atom. The van der Waals surface area contributed by atoms with Gasteiger partial charge in [0.2, 0.25) is 11.8 Å². The van der Waals surface area contributed by atoms with Crippen LogP contribution in [-0.4, -0.2) is 37.6 Å². The monoisotopic (exact) mass is 336 g/mol. The fourth-order valence-electron chi connectivity index (χ4n) is 3.18. The SMILES string of the molecule is Cc1ccc(Cl)cc1N1CCC(C(=O)NCC2CCCO2)C1=O. The summed E-state index contributed by atoms with van der Waals surface area (Å²) < 4.78 is 5.49. The van der Waals surface area contributed by atoms with E-state index in [4.69, 9.17) is 16.3 Å². The second kappa shape index (κ2) is 6.89. The average molecular weight is 337 g/mol. The van der Waals surface area contributed by atoms with Gasteiger partial charge in [0.05, 0.1) is 6.10 Å². The minimum Gasteiger partial charge on any atom is -0.376 e. The van der Waals surface area contributed by atoms with E-state index >= 15 is 0 Å². The maximum absolute atomic E-state index is 12.6. The number of carbonyl (C=O) groups is 2. The second-order valence-electron chi connectivity index (χ2n) is 6.14. The lowest BCUT2D eigenvalue weighted by molar-refractivity contribution is -0.132. The molecule has 0 radical (unpaired) electrons. The maximum atomic E-state index is 12.6. The van der Waals surface area contributed by atoms with Gasteiger partial charge in [-0.2, -0.15) is 0 Å². The molecule has 2 heterocycles. The zero-order chi connectivity index (χ0) is 16.4. The van der Waals surface area contributed by atoms with Crippen molar-refractivity contribution in [2.75, 3.05) is 24.6 Å². The maximum Gasteiger partial charge on any atom is 0.239 e. The number of halogens is 1. The Balaban J connectivity index is 1.63. The van der Waals surface area contributed by atoms with Gasteiger partial charge in [-0.3, -0.25) is 9.59 Å². The molecule has 0 bridgehead atoms. The van der Waals surface area contributed by atoms with E-state index in [-0.39, 0.29) is 17.9 Å². The number of hydrogen-bond acceptors (Lipinski definition) is 3. The van der Waals surface area contributed by atoms with Crippen molar-refractivity contribution < 1.29 is 14.3 Å². The highest BCUT2D eigenvalue weighted by atomic mass is 35.5. The molecule has 2 aliphatic heterocycles. The Labute approximate surface area is 140 Å².